The predicted octanol–water partition coefficient (Wildman–Crippen LogP) is 2.97. The van der Waals surface area contributed by atoms with Crippen LogP contribution in [-0.2, 0) is 11.3 Å². The highest BCUT2D eigenvalue weighted by Gasteiger charge is 2.35. The van der Waals surface area contributed by atoms with Gasteiger partial charge >= 0.3 is 0 Å². The molecular formula is C21H19FN4O3. The number of carbonyl (C=O) groups is 2. The largest absolute Gasteiger partial charge is 0.343 e. The third kappa shape index (κ3) is 3.87. The third-order valence-electron chi connectivity index (χ3n) is 4.94. The van der Waals surface area contributed by atoms with E-state index < -0.39 is 0 Å². The summed E-state index contributed by atoms with van der Waals surface area (Å²) in [5, 5.41) is 6.68. The van der Waals surface area contributed by atoms with Crippen LogP contribution in [0.2, 0.25) is 0 Å². The van der Waals surface area contributed by atoms with Gasteiger partial charge in [-0.2, -0.15) is 4.98 Å². The Hall–Kier alpha value is -3.55. The van der Waals surface area contributed by atoms with Crippen LogP contribution in [0.15, 0.2) is 53.1 Å². The molecule has 1 unspecified atom stereocenters. The van der Waals surface area contributed by atoms with Crippen molar-refractivity contribution in [2.75, 3.05) is 11.4 Å². The van der Waals surface area contributed by atoms with E-state index in [-0.39, 0.29) is 42.4 Å². The second-order valence-electron chi connectivity index (χ2n) is 6.88. The van der Waals surface area contributed by atoms with E-state index >= 15 is 0 Å². The molecule has 0 aliphatic carbocycles. The van der Waals surface area contributed by atoms with Gasteiger partial charge in [0, 0.05) is 35.7 Å². The van der Waals surface area contributed by atoms with Crippen molar-refractivity contribution in [3.63, 3.8) is 0 Å². The molecule has 1 fully saturated rings. The minimum atomic E-state index is -0.352. The van der Waals surface area contributed by atoms with Crippen molar-refractivity contribution in [3.05, 3.63) is 77.2 Å². The van der Waals surface area contributed by atoms with Crippen molar-refractivity contribution in [3.8, 4) is 0 Å². The number of benzene rings is 2. The second kappa shape index (κ2) is 7.83. The third-order valence-corrected chi connectivity index (χ3v) is 4.94. The van der Waals surface area contributed by atoms with Gasteiger partial charge in [0.25, 0.3) is 5.91 Å². The molecule has 148 valence electrons. The molecule has 0 radical (unpaired) electrons. The van der Waals surface area contributed by atoms with Gasteiger partial charge in [0.15, 0.2) is 5.82 Å². The molecule has 2 amide bonds. The molecule has 1 aromatic heterocycles. The highest BCUT2D eigenvalue weighted by Crippen LogP contribution is 2.32. The number of nitrogens with one attached hydrogen (secondary N) is 1. The Morgan fingerprint density at radius 1 is 1.24 bits per heavy atom. The summed E-state index contributed by atoms with van der Waals surface area (Å²) in [4.78, 5) is 30.4. The van der Waals surface area contributed by atoms with Crippen molar-refractivity contribution in [2.45, 2.75) is 25.8 Å². The second-order valence-corrected chi connectivity index (χ2v) is 6.88. The Kier molecular flexibility index (Phi) is 5.07. The predicted molar refractivity (Wildman–Crippen MR) is 103 cm³/mol. The van der Waals surface area contributed by atoms with Crippen LogP contribution in [0.3, 0.4) is 0 Å². The van der Waals surface area contributed by atoms with Crippen molar-refractivity contribution >= 4 is 17.5 Å². The molecule has 0 bridgehead atoms. The number of hydrogen-bond acceptors (Lipinski definition) is 5. The molecule has 2 heterocycles. The lowest BCUT2D eigenvalue weighted by molar-refractivity contribution is -0.117. The summed E-state index contributed by atoms with van der Waals surface area (Å²) >= 11 is 0. The van der Waals surface area contributed by atoms with Crippen LogP contribution in [-0.4, -0.2) is 28.5 Å². The lowest BCUT2D eigenvalue weighted by Crippen LogP contribution is -2.25. The molecule has 29 heavy (non-hydrogen) atoms. The van der Waals surface area contributed by atoms with E-state index in [1.165, 1.54) is 6.07 Å². The summed E-state index contributed by atoms with van der Waals surface area (Å²) in [5.74, 6) is -0.306. The molecular weight excluding hydrogens is 375 g/mol. The maximum absolute atomic E-state index is 13.8. The number of carbonyl (C=O) groups excluding carboxylic acids is 2. The van der Waals surface area contributed by atoms with Gasteiger partial charge in [0.1, 0.15) is 5.82 Å². The number of amides is 2. The summed E-state index contributed by atoms with van der Waals surface area (Å²) < 4.78 is 19.1. The van der Waals surface area contributed by atoms with Crippen LogP contribution >= 0.6 is 0 Å². The minimum absolute atomic E-state index is 0.0914. The Morgan fingerprint density at radius 2 is 2.03 bits per heavy atom. The van der Waals surface area contributed by atoms with Crippen molar-refractivity contribution in [2.24, 2.45) is 0 Å². The number of hydrogen-bond donors (Lipinski definition) is 1. The fourth-order valence-electron chi connectivity index (χ4n) is 3.36. The smallest absolute Gasteiger partial charge is 0.251 e. The van der Waals surface area contributed by atoms with Crippen molar-refractivity contribution < 1.29 is 18.5 Å². The zero-order valence-corrected chi connectivity index (χ0v) is 15.8. The van der Waals surface area contributed by atoms with Gasteiger partial charge in [-0.3, -0.25) is 9.59 Å². The van der Waals surface area contributed by atoms with E-state index in [9.17, 15) is 14.0 Å². The van der Waals surface area contributed by atoms with E-state index in [0.29, 0.717) is 29.2 Å². The van der Waals surface area contributed by atoms with E-state index in [1.807, 2.05) is 6.07 Å². The van der Waals surface area contributed by atoms with Gasteiger partial charge in [-0.05, 0) is 31.2 Å². The molecule has 3 aromatic rings. The monoisotopic (exact) mass is 394 g/mol. The van der Waals surface area contributed by atoms with Crippen LogP contribution in [0.4, 0.5) is 10.1 Å². The Balaban J connectivity index is 1.41. The molecule has 1 atom stereocenters. The molecule has 4 rings (SSSR count). The number of nitrogens with zero attached hydrogens (tertiary/aromatic N) is 3. The van der Waals surface area contributed by atoms with Gasteiger partial charge in [0.05, 0.1) is 6.54 Å². The van der Waals surface area contributed by atoms with Gasteiger partial charge < -0.3 is 14.7 Å². The maximum Gasteiger partial charge on any atom is 0.251 e. The molecule has 1 aliphatic rings. The molecule has 1 aliphatic heterocycles. The molecule has 1 saturated heterocycles. The Bertz CT molecular complexity index is 1050. The first-order valence-electron chi connectivity index (χ1n) is 9.24. The fourth-order valence-corrected chi connectivity index (χ4v) is 3.36. The highest BCUT2D eigenvalue weighted by atomic mass is 19.1. The highest BCUT2D eigenvalue weighted by molar-refractivity contribution is 5.97. The molecule has 0 spiro atoms. The standard InChI is InChI=1S/C21H19FN4O3/c1-13-16(22)8-5-9-17(13)26-12-15(10-19(26)27)20-24-18(29-25-20)11-23-21(28)14-6-3-2-4-7-14/h2-9,15H,10-12H2,1H3,(H,23,28). The zero-order valence-electron chi connectivity index (χ0n) is 15.8. The van der Waals surface area contributed by atoms with Crippen LogP contribution < -0.4 is 10.2 Å². The topological polar surface area (TPSA) is 88.3 Å². The number of halogens is 1. The average Bonchev–Trinajstić information content (AvgIpc) is 3.35. The van der Waals surface area contributed by atoms with Crippen LogP contribution in [0.5, 0.6) is 0 Å². The summed E-state index contributed by atoms with van der Waals surface area (Å²) in [6.07, 6.45) is 0.214. The number of anilines is 1. The van der Waals surface area contributed by atoms with E-state index in [4.69, 9.17) is 4.52 Å². The van der Waals surface area contributed by atoms with Crippen LogP contribution in [0.1, 0.15) is 40.0 Å². The van der Waals surface area contributed by atoms with E-state index in [2.05, 4.69) is 15.5 Å². The molecule has 1 N–H and O–H groups in total. The van der Waals surface area contributed by atoms with Crippen LogP contribution in [0.25, 0.3) is 0 Å². The number of rotatable bonds is 5. The summed E-state index contributed by atoms with van der Waals surface area (Å²) in [6, 6.07) is 13.5. The Morgan fingerprint density at radius 3 is 2.83 bits per heavy atom. The first-order chi connectivity index (χ1) is 14.0. The van der Waals surface area contributed by atoms with Gasteiger partial charge in [-0.25, -0.2) is 4.39 Å². The van der Waals surface area contributed by atoms with Crippen molar-refractivity contribution in [1.82, 2.24) is 15.5 Å². The van der Waals surface area contributed by atoms with Gasteiger partial charge in [0.2, 0.25) is 11.8 Å². The first-order valence-corrected chi connectivity index (χ1v) is 9.24. The summed E-state index contributed by atoms with van der Waals surface area (Å²) in [7, 11) is 0. The average molecular weight is 394 g/mol. The van der Waals surface area contributed by atoms with Crippen molar-refractivity contribution in [1.29, 1.82) is 0 Å². The summed E-state index contributed by atoms with van der Waals surface area (Å²) in [5.41, 5.74) is 1.52. The van der Waals surface area contributed by atoms with E-state index in [0.717, 1.165) is 0 Å². The Labute approximate surface area is 166 Å². The molecule has 0 saturated carbocycles. The molecule has 8 heteroatoms. The number of aromatic nitrogens is 2. The lowest BCUT2D eigenvalue weighted by Gasteiger charge is -2.18. The SMILES string of the molecule is Cc1c(F)cccc1N1CC(c2noc(CNC(=O)c3ccccc3)n2)CC1=O. The molecule has 2 aromatic carbocycles. The summed E-state index contributed by atoms with van der Waals surface area (Å²) in [6.45, 7) is 2.08. The van der Waals surface area contributed by atoms with E-state index in [1.54, 1.807) is 48.2 Å². The van der Waals surface area contributed by atoms with Gasteiger partial charge in [-0.1, -0.05) is 29.4 Å². The minimum Gasteiger partial charge on any atom is -0.343 e. The normalized spacial score (nSPS) is 16.3. The fraction of sp³-hybridized carbons (Fsp3) is 0.238. The lowest BCUT2D eigenvalue weighted by atomic mass is 10.1. The van der Waals surface area contributed by atoms with Gasteiger partial charge in [-0.15, -0.1) is 0 Å². The van der Waals surface area contributed by atoms with Crippen LogP contribution in [0, 0.1) is 12.7 Å². The quantitative estimate of drug-likeness (QED) is 0.719. The first kappa shape index (κ1) is 18.8. The molecule has 7 nitrogen and oxygen atoms in total. The zero-order chi connectivity index (χ0) is 20.4. The maximum atomic E-state index is 13.8.